The number of fused-ring (bicyclic) bond motifs is 1. The molecule has 1 aliphatic heterocycles. The maximum absolute atomic E-state index is 12.2. The Morgan fingerprint density at radius 1 is 1.16 bits per heavy atom. The Morgan fingerprint density at radius 2 is 1.89 bits per heavy atom. The van der Waals surface area contributed by atoms with E-state index in [1.807, 2.05) is 30.1 Å². The Bertz CT molecular complexity index is 434. The fourth-order valence-corrected chi connectivity index (χ4v) is 2.49. The lowest BCUT2D eigenvalue weighted by atomic mass is 10.1. The normalized spacial score (nSPS) is 14.7. The van der Waals surface area contributed by atoms with E-state index in [0.29, 0.717) is 6.54 Å². The topological polar surface area (TPSA) is 43.8 Å². The number of hydrogen-bond acceptors (Lipinski definition) is 2. The second-order valence-corrected chi connectivity index (χ2v) is 5.06. The molecule has 1 aromatic rings. The number of para-hydroxylation sites is 1. The van der Waals surface area contributed by atoms with Crippen molar-refractivity contribution >= 4 is 11.7 Å². The molecule has 0 radical (unpaired) electrons. The maximum atomic E-state index is 12.2. The minimum Gasteiger partial charge on any atom is -0.396 e. The molecule has 1 heterocycles. The highest BCUT2D eigenvalue weighted by molar-refractivity contribution is 5.94. The van der Waals surface area contributed by atoms with Gasteiger partial charge in [-0.1, -0.05) is 31.0 Å². The number of amides is 2. The molecule has 4 heteroatoms. The molecule has 1 aromatic carbocycles. The van der Waals surface area contributed by atoms with Gasteiger partial charge in [0.25, 0.3) is 0 Å². The van der Waals surface area contributed by atoms with Gasteiger partial charge in [0.05, 0.1) is 5.69 Å². The van der Waals surface area contributed by atoms with Crippen molar-refractivity contribution < 1.29 is 9.90 Å². The fraction of sp³-hybridized carbons (Fsp3) is 0.533. The smallest absolute Gasteiger partial charge is 0.324 e. The third-order valence-electron chi connectivity index (χ3n) is 3.54. The van der Waals surface area contributed by atoms with Crippen molar-refractivity contribution in [1.29, 1.82) is 0 Å². The van der Waals surface area contributed by atoms with Crippen LogP contribution in [-0.4, -0.2) is 36.2 Å². The summed E-state index contributed by atoms with van der Waals surface area (Å²) in [7, 11) is 1.84. The van der Waals surface area contributed by atoms with Gasteiger partial charge in [-0.15, -0.1) is 0 Å². The first-order chi connectivity index (χ1) is 9.24. The van der Waals surface area contributed by atoms with E-state index in [-0.39, 0.29) is 12.6 Å². The van der Waals surface area contributed by atoms with Crippen LogP contribution in [0.5, 0.6) is 0 Å². The van der Waals surface area contributed by atoms with Crippen molar-refractivity contribution in [3.63, 3.8) is 0 Å². The molecular formula is C15H22N2O2. The molecule has 0 saturated carbocycles. The Morgan fingerprint density at radius 3 is 2.68 bits per heavy atom. The van der Waals surface area contributed by atoms with Gasteiger partial charge in [0.2, 0.25) is 0 Å². The third kappa shape index (κ3) is 3.26. The number of aliphatic hydroxyl groups excluding tert-OH is 1. The summed E-state index contributed by atoms with van der Waals surface area (Å²) in [6.07, 6.45) is 3.91. The van der Waals surface area contributed by atoms with E-state index in [1.165, 1.54) is 5.56 Å². The van der Waals surface area contributed by atoms with Crippen LogP contribution < -0.4 is 4.90 Å². The lowest BCUT2D eigenvalue weighted by Gasteiger charge is -2.35. The largest absolute Gasteiger partial charge is 0.396 e. The van der Waals surface area contributed by atoms with Crippen molar-refractivity contribution in [3.05, 3.63) is 29.8 Å². The van der Waals surface area contributed by atoms with Crippen LogP contribution in [0, 0.1) is 0 Å². The Balaban J connectivity index is 2.00. The van der Waals surface area contributed by atoms with Crippen molar-refractivity contribution in [2.75, 3.05) is 25.1 Å². The van der Waals surface area contributed by atoms with E-state index < -0.39 is 0 Å². The van der Waals surface area contributed by atoms with E-state index in [2.05, 4.69) is 6.07 Å². The van der Waals surface area contributed by atoms with Crippen LogP contribution in [0.15, 0.2) is 24.3 Å². The number of aliphatic hydroxyl groups is 1. The average molecular weight is 262 g/mol. The molecule has 1 N–H and O–H groups in total. The predicted molar refractivity (Wildman–Crippen MR) is 76.2 cm³/mol. The molecule has 2 amide bonds. The third-order valence-corrected chi connectivity index (χ3v) is 3.54. The molecule has 0 bridgehead atoms. The van der Waals surface area contributed by atoms with Gasteiger partial charge >= 0.3 is 6.03 Å². The first-order valence-electron chi connectivity index (χ1n) is 6.95. The molecular weight excluding hydrogens is 240 g/mol. The quantitative estimate of drug-likeness (QED) is 0.801. The van der Waals surface area contributed by atoms with E-state index in [4.69, 9.17) is 5.11 Å². The zero-order valence-corrected chi connectivity index (χ0v) is 11.5. The number of carbonyl (C=O) groups is 1. The molecule has 19 heavy (non-hydrogen) atoms. The Labute approximate surface area is 114 Å². The van der Waals surface area contributed by atoms with E-state index in [9.17, 15) is 4.79 Å². The van der Waals surface area contributed by atoms with Gasteiger partial charge in [0.1, 0.15) is 0 Å². The predicted octanol–water partition coefficient (Wildman–Crippen LogP) is 2.61. The van der Waals surface area contributed by atoms with Gasteiger partial charge in [-0.2, -0.15) is 0 Å². The molecule has 0 fully saturated rings. The highest BCUT2D eigenvalue weighted by atomic mass is 16.2. The number of hydrogen-bond donors (Lipinski definition) is 1. The van der Waals surface area contributed by atoms with Crippen LogP contribution in [0.4, 0.5) is 10.5 Å². The molecule has 2 rings (SSSR count). The lowest BCUT2D eigenvalue weighted by molar-refractivity contribution is 0.210. The van der Waals surface area contributed by atoms with Crippen molar-refractivity contribution in [1.82, 2.24) is 4.90 Å². The standard InChI is InChI=1S/C15H22N2O2/c1-16-12-13-8-4-5-9-14(13)17(15(16)19)10-6-2-3-7-11-18/h4-5,8-9,18H,2-3,6-7,10-12H2,1H3. The number of urea groups is 1. The molecule has 0 aliphatic carbocycles. The number of rotatable bonds is 6. The summed E-state index contributed by atoms with van der Waals surface area (Å²) in [4.78, 5) is 15.9. The van der Waals surface area contributed by atoms with Gasteiger partial charge < -0.3 is 10.0 Å². The van der Waals surface area contributed by atoms with Crippen molar-refractivity contribution in [2.24, 2.45) is 0 Å². The molecule has 0 saturated heterocycles. The second kappa shape index (κ2) is 6.57. The van der Waals surface area contributed by atoms with E-state index in [1.54, 1.807) is 4.90 Å². The van der Waals surface area contributed by atoms with Crippen LogP contribution in [0.25, 0.3) is 0 Å². The molecule has 0 spiro atoms. The van der Waals surface area contributed by atoms with Gasteiger partial charge in [0, 0.05) is 26.7 Å². The van der Waals surface area contributed by atoms with Gasteiger partial charge in [-0.3, -0.25) is 4.90 Å². The van der Waals surface area contributed by atoms with Crippen molar-refractivity contribution in [3.8, 4) is 0 Å². The summed E-state index contributed by atoms with van der Waals surface area (Å²) in [5.41, 5.74) is 2.26. The summed E-state index contributed by atoms with van der Waals surface area (Å²) < 4.78 is 0. The van der Waals surface area contributed by atoms with Crippen LogP contribution in [0.3, 0.4) is 0 Å². The molecule has 0 atom stereocenters. The minimum atomic E-state index is 0.0841. The molecule has 1 aliphatic rings. The van der Waals surface area contributed by atoms with Crippen LogP contribution >= 0.6 is 0 Å². The maximum Gasteiger partial charge on any atom is 0.324 e. The Hall–Kier alpha value is -1.55. The van der Waals surface area contributed by atoms with E-state index in [0.717, 1.165) is 37.9 Å². The first-order valence-corrected chi connectivity index (χ1v) is 6.95. The summed E-state index contributed by atoms with van der Waals surface area (Å²) in [5.74, 6) is 0. The molecule has 0 aromatic heterocycles. The zero-order valence-electron chi connectivity index (χ0n) is 11.5. The van der Waals surface area contributed by atoms with Crippen LogP contribution in [0.1, 0.15) is 31.2 Å². The number of anilines is 1. The molecule has 0 unspecified atom stereocenters. The number of unbranched alkanes of at least 4 members (excludes halogenated alkanes) is 3. The number of nitrogens with zero attached hydrogens (tertiary/aromatic N) is 2. The van der Waals surface area contributed by atoms with Gasteiger partial charge in [0.15, 0.2) is 0 Å². The average Bonchev–Trinajstić information content (AvgIpc) is 2.42. The van der Waals surface area contributed by atoms with Gasteiger partial charge in [-0.05, 0) is 24.5 Å². The van der Waals surface area contributed by atoms with Crippen LogP contribution in [0.2, 0.25) is 0 Å². The van der Waals surface area contributed by atoms with Gasteiger partial charge in [-0.25, -0.2) is 4.79 Å². The second-order valence-electron chi connectivity index (χ2n) is 5.06. The fourth-order valence-electron chi connectivity index (χ4n) is 2.49. The summed E-state index contributed by atoms with van der Waals surface area (Å²) in [5, 5.41) is 8.75. The van der Waals surface area contributed by atoms with E-state index >= 15 is 0 Å². The molecule has 104 valence electrons. The van der Waals surface area contributed by atoms with Crippen LogP contribution in [-0.2, 0) is 6.54 Å². The minimum absolute atomic E-state index is 0.0841. The van der Waals surface area contributed by atoms with Crippen molar-refractivity contribution in [2.45, 2.75) is 32.2 Å². The zero-order chi connectivity index (χ0) is 13.7. The first kappa shape index (κ1) is 13.9. The summed E-state index contributed by atoms with van der Waals surface area (Å²) in [6, 6.07) is 8.18. The SMILES string of the molecule is CN1Cc2ccccc2N(CCCCCCO)C1=O. The Kier molecular flexibility index (Phi) is 4.80. The highest BCUT2D eigenvalue weighted by Crippen LogP contribution is 2.27. The molecule has 4 nitrogen and oxygen atoms in total. The number of carbonyl (C=O) groups excluding carboxylic acids is 1. The summed E-state index contributed by atoms with van der Waals surface area (Å²) >= 11 is 0. The monoisotopic (exact) mass is 262 g/mol. The highest BCUT2D eigenvalue weighted by Gasteiger charge is 2.26. The summed E-state index contributed by atoms with van der Waals surface area (Å²) in [6.45, 7) is 1.70. The lowest BCUT2D eigenvalue weighted by Crippen LogP contribution is -2.45. The number of benzene rings is 1.